The van der Waals surface area contributed by atoms with Crippen molar-refractivity contribution >= 4 is 12.0 Å². The Morgan fingerprint density at radius 1 is 1.14 bits per heavy atom. The van der Waals surface area contributed by atoms with E-state index < -0.39 is 6.04 Å². The average Bonchev–Trinajstić information content (AvgIpc) is 2.53. The lowest BCUT2D eigenvalue weighted by atomic mass is 10.1. The SMILES string of the molecule is O=C(/C=C/c1ccc(F)cc1)N[C@@H](CO)c1ccccc1. The molecule has 4 heteroatoms. The number of rotatable bonds is 5. The van der Waals surface area contributed by atoms with E-state index in [0.29, 0.717) is 0 Å². The number of nitrogens with one attached hydrogen (secondary N) is 1. The third-order valence-electron chi connectivity index (χ3n) is 3.00. The van der Waals surface area contributed by atoms with E-state index in [1.807, 2.05) is 30.3 Å². The molecule has 0 heterocycles. The lowest BCUT2D eigenvalue weighted by Gasteiger charge is -2.15. The van der Waals surface area contributed by atoms with Crippen LogP contribution in [0.3, 0.4) is 0 Å². The standard InChI is InChI=1S/C17H16FNO2/c18-15-9-6-13(7-10-15)8-11-17(21)19-16(12-20)14-4-2-1-3-5-14/h1-11,16,20H,12H2,(H,19,21)/b11-8+/t16-/m0/s1. The molecule has 0 saturated carbocycles. The Balaban J connectivity index is 1.98. The molecule has 0 aromatic heterocycles. The van der Waals surface area contributed by atoms with Crippen LogP contribution in [0.2, 0.25) is 0 Å². The Labute approximate surface area is 122 Å². The van der Waals surface area contributed by atoms with E-state index in [1.165, 1.54) is 18.2 Å². The summed E-state index contributed by atoms with van der Waals surface area (Å²) in [6, 6.07) is 14.6. The van der Waals surface area contributed by atoms with E-state index in [-0.39, 0.29) is 18.3 Å². The van der Waals surface area contributed by atoms with Crippen molar-refractivity contribution in [2.75, 3.05) is 6.61 Å². The number of hydrogen-bond donors (Lipinski definition) is 2. The summed E-state index contributed by atoms with van der Waals surface area (Å²) in [6.45, 7) is -0.180. The number of carbonyl (C=O) groups is 1. The Morgan fingerprint density at radius 2 is 1.81 bits per heavy atom. The van der Waals surface area contributed by atoms with Crippen LogP contribution in [0.5, 0.6) is 0 Å². The second kappa shape index (κ2) is 7.36. The number of amides is 1. The predicted molar refractivity (Wildman–Crippen MR) is 79.8 cm³/mol. The molecular weight excluding hydrogens is 269 g/mol. The second-order valence-corrected chi connectivity index (χ2v) is 4.54. The van der Waals surface area contributed by atoms with Crippen molar-refractivity contribution in [1.29, 1.82) is 0 Å². The third kappa shape index (κ3) is 4.54. The van der Waals surface area contributed by atoms with Gasteiger partial charge in [-0.15, -0.1) is 0 Å². The van der Waals surface area contributed by atoms with Crippen LogP contribution in [0, 0.1) is 5.82 Å². The number of aliphatic hydroxyl groups is 1. The van der Waals surface area contributed by atoms with Crippen LogP contribution in [0.25, 0.3) is 6.08 Å². The van der Waals surface area contributed by atoms with Gasteiger partial charge < -0.3 is 10.4 Å². The van der Waals surface area contributed by atoms with Gasteiger partial charge in [0.2, 0.25) is 5.91 Å². The smallest absolute Gasteiger partial charge is 0.244 e. The molecule has 0 radical (unpaired) electrons. The van der Waals surface area contributed by atoms with Gasteiger partial charge in [-0.25, -0.2) is 4.39 Å². The Hall–Kier alpha value is -2.46. The van der Waals surface area contributed by atoms with Gasteiger partial charge in [0.05, 0.1) is 12.6 Å². The average molecular weight is 285 g/mol. The van der Waals surface area contributed by atoms with Crippen LogP contribution in [0.15, 0.2) is 60.7 Å². The van der Waals surface area contributed by atoms with Crippen LogP contribution in [0.1, 0.15) is 17.2 Å². The van der Waals surface area contributed by atoms with Crippen LogP contribution in [0.4, 0.5) is 4.39 Å². The fraction of sp³-hybridized carbons (Fsp3) is 0.118. The van der Waals surface area contributed by atoms with Crippen molar-refractivity contribution in [3.63, 3.8) is 0 Å². The van der Waals surface area contributed by atoms with Gasteiger partial charge in [0, 0.05) is 6.08 Å². The van der Waals surface area contributed by atoms with Crippen LogP contribution < -0.4 is 5.32 Å². The van der Waals surface area contributed by atoms with Gasteiger partial charge in [-0.2, -0.15) is 0 Å². The second-order valence-electron chi connectivity index (χ2n) is 4.54. The van der Waals surface area contributed by atoms with Gasteiger partial charge in [-0.05, 0) is 29.3 Å². The van der Waals surface area contributed by atoms with E-state index in [0.717, 1.165) is 11.1 Å². The van der Waals surface area contributed by atoms with E-state index in [1.54, 1.807) is 18.2 Å². The molecule has 21 heavy (non-hydrogen) atoms. The molecule has 108 valence electrons. The minimum absolute atomic E-state index is 0.180. The first-order chi connectivity index (χ1) is 10.2. The summed E-state index contributed by atoms with van der Waals surface area (Å²) in [4.78, 5) is 11.8. The van der Waals surface area contributed by atoms with Crippen molar-refractivity contribution in [3.8, 4) is 0 Å². The Bertz CT molecular complexity index is 608. The van der Waals surface area contributed by atoms with Gasteiger partial charge in [0.15, 0.2) is 0 Å². The Morgan fingerprint density at radius 3 is 2.43 bits per heavy atom. The van der Waals surface area contributed by atoms with E-state index in [4.69, 9.17) is 0 Å². The molecule has 0 spiro atoms. The van der Waals surface area contributed by atoms with Crippen molar-refractivity contribution in [3.05, 3.63) is 77.6 Å². The molecule has 2 rings (SSSR count). The molecule has 0 fully saturated rings. The lowest BCUT2D eigenvalue weighted by Crippen LogP contribution is -2.29. The molecule has 0 aliphatic rings. The van der Waals surface area contributed by atoms with Crippen LogP contribution in [-0.2, 0) is 4.79 Å². The van der Waals surface area contributed by atoms with E-state index in [9.17, 15) is 14.3 Å². The van der Waals surface area contributed by atoms with E-state index in [2.05, 4.69) is 5.32 Å². The molecule has 0 bridgehead atoms. The number of benzene rings is 2. The highest BCUT2D eigenvalue weighted by Gasteiger charge is 2.11. The summed E-state index contributed by atoms with van der Waals surface area (Å²) in [6.07, 6.45) is 2.95. The molecule has 0 unspecified atom stereocenters. The minimum atomic E-state index is -0.448. The van der Waals surface area contributed by atoms with Gasteiger partial charge in [0.1, 0.15) is 5.82 Å². The number of halogens is 1. The Kier molecular flexibility index (Phi) is 5.23. The topological polar surface area (TPSA) is 49.3 Å². The summed E-state index contributed by atoms with van der Waals surface area (Å²) >= 11 is 0. The maximum Gasteiger partial charge on any atom is 0.244 e. The first kappa shape index (κ1) is 14.9. The van der Waals surface area contributed by atoms with Crippen molar-refractivity contribution in [2.24, 2.45) is 0 Å². The normalized spacial score (nSPS) is 12.3. The highest BCUT2D eigenvalue weighted by molar-refractivity contribution is 5.92. The molecular formula is C17H16FNO2. The monoisotopic (exact) mass is 285 g/mol. The zero-order valence-corrected chi connectivity index (χ0v) is 11.4. The quantitative estimate of drug-likeness (QED) is 0.830. The fourth-order valence-electron chi connectivity index (χ4n) is 1.89. The summed E-state index contributed by atoms with van der Waals surface area (Å²) in [7, 11) is 0. The molecule has 1 amide bonds. The fourth-order valence-corrected chi connectivity index (χ4v) is 1.89. The molecule has 0 aliphatic carbocycles. The largest absolute Gasteiger partial charge is 0.394 e. The maximum absolute atomic E-state index is 12.8. The maximum atomic E-state index is 12.8. The van der Waals surface area contributed by atoms with Crippen molar-refractivity contribution in [1.82, 2.24) is 5.32 Å². The van der Waals surface area contributed by atoms with Gasteiger partial charge in [-0.1, -0.05) is 42.5 Å². The zero-order chi connectivity index (χ0) is 15.1. The molecule has 2 N–H and O–H groups in total. The minimum Gasteiger partial charge on any atom is -0.394 e. The molecule has 2 aromatic carbocycles. The summed E-state index contributed by atoms with van der Waals surface area (Å²) in [5.74, 6) is -0.636. The van der Waals surface area contributed by atoms with Gasteiger partial charge in [0.25, 0.3) is 0 Å². The molecule has 3 nitrogen and oxygen atoms in total. The number of hydrogen-bond acceptors (Lipinski definition) is 2. The highest BCUT2D eigenvalue weighted by Crippen LogP contribution is 2.11. The third-order valence-corrected chi connectivity index (χ3v) is 3.00. The van der Waals surface area contributed by atoms with Gasteiger partial charge >= 0.3 is 0 Å². The van der Waals surface area contributed by atoms with Crippen LogP contribution in [-0.4, -0.2) is 17.6 Å². The predicted octanol–water partition coefficient (Wildman–Crippen LogP) is 2.69. The molecule has 0 saturated heterocycles. The molecule has 2 aromatic rings. The lowest BCUT2D eigenvalue weighted by molar-refractivity contribution is -0.117. The van der Waals surface area contributed by atoms with E-state index >= 15 is 0 Å². The van der Waals surface area contributed by atoms with Crippen molar-refractivity contribution in [2.45, 2.75) is 6.04 Å². The number of aliphatic hydroxyl groups excluding tert-OH is 1. The number of carbonyl (C=O) groups excluding carboxylic acids is 1. The van der Waals surface area contributed by atoms with Crippen molar-refractivity contribution < 1.29 is 14.3 Å². The zero-order valence-electron chi connectivity index (χ0n) is 11.4. The summed E-state index contributed by atoms with van der Waals surface area (Å²) < 4.78 is 12.8. The summed E-state index contributed by atoms with van der Waals surface area (Å²) in [5, 5.41) is 12.1. The van der Waals surface area contributed by atoms with Gasteiger partial charge in [-0.3, -0.25) is 4.79 Å². The van der Waals surface area contributed by atoms with Crippen LogP contribution >= 0.6 is 0 Å². The molecule has 1 atom stereocenters. The first-order valence-corrected chi connectivity index (χ1v) is 6.59. The highest BCUT2D eigenvalue weighted by atomic mass is 19.1. The summed E-state index contributed by atoms with van der Waals surface area (Å²) in [5.41, 5.74) is 1.57. The molecule has 0 aliphatic heterocycles. The first-order valence-electron chi connectivity index (χ1n) is 6.59.